The first-order valence-corrected chi connectivity index (χ1v) is 7.95. The van der Waals surface area contributed by atoms with Crippen molar-refractivity contribution in [2.24, 2.45) is 0 Å². The zero-order valence-corrected chi connectivity index (χ0v) is 11.5. The lowest BCUT2D eigenvalue weighted by molar-refractivity contribution is 0.532. The number of hydrogen-bond donors (Lipinski definition) is 1. The molecule has 6 heteroatoms. The highest BCUT2D eigenvalue weighted by molar-refractivity contribution is 9.10. The average molecular weight is 322 g/mol. The normalized spacial score (nSPS) is 22.8. The van der Waals surface area contributed by atoms with Gasteiger partial charge in [0.05, 0.1) is 11.5 Å². The Kier molecular flexibility index (Phi) is 3.85. The minimum absolute atomic E-state index is 0.0527. The highest BCUT2D eigenvalue weighted by Crippen LogP contribution is 2.16. The molecular weight excluding hydrogens is 309 g/mol. The fourth-order valence-corrected chi connectivity index (χ4v) is 3.92. The van der Waals surface area contributed by atoms with Crippen LogP contribution in [0.3, 0.4) is 0 Å². The largest absolute Gasteiger partial charge is 0.309 e. The maximum atomic E-state index is 13.5. The van der Waals surface area contributed by atoms with E-state index in [0.29, 0.717) is 23.0 Å². The SMILES string of the molecule is O=S1(=O)CC[C@@H](NCc2ccc(Br)cc2F)C1. The average Bonchev–Trinajstić information content (AvgIpc) is 2.57. The summed E-state index contributed by atoms with van der Waals surface area (Å²) in [6.45, 7) is 0.360. The van der Waals surface area contributed by atoms with Gasteiger partial charge < -0.3 is 5.32 Å². The minimum atomic E-state index is -2.88. The molecule has 1 atom stereocenters. The molecule has 1 heterocycles. The second kappa shape index (κ2) is 5.04. The Balaban J connectivity index is 1.95. The van der Waals surface area contributed by atoms with E-state index in [1.54, 1.807) is 12.1 Å². The maximum Gasteiger partial charge on any atom is 0.151 e. The molecule has 0 aromatic heterocycles. The Bertz CT molecular complexity index is 518. The second-order valence-corrected chi connectivity index (χ2v) is 7.36. The Morgan fingerprint density at radius 1 is 1.47 bits per heavy atom. The first kappa shape index (κ1) is 13.0. The van der Waals surface area contributed by atoms with Crippen molar-refractivity contribution in [2.75, 3.05) is 11.5 Å². The molecule has 0 saturated carbocycles. The van der Waals surface area contributed by atoms with E-state index in [1.807, 2.05) is 0 Å². The van der Waals surface area contributed by atoms with Crippen molar-refractivity contribution in [1.82, 2.24) is 5.32 Å². The molecule has 0 aliphatic carbocycles. The van der Waals surface area contributed by atoms with E-state index >= 15 is 0 Å². The van der Waals surface area contributed by atoms with E-state index in [-0.39, 0.29) is 23.4 Å². The molecule has 1 aliphatic rings. The van der Waals surface area contributed by atoms with Crippen molar-refractivity contribution < 1.29 is 12.8 Å². The fourth-order valence-electron chi connectivity index (χ4n) is 1.88. The number of rotatable bonds is 3. The van der Waals surface area contributed by atoms with E-state index in [0.717, 1.165) is 0 Å². The predicted octanol–water partition coefficient (Wildman–Crippen LogP) is 1.86. The molecule has 0 bridgehead atoms. The van der Waals surface area contributed by atoms with Crippen LogP contribution in [0.1, 0.15) is 12.0 Å². The molecule has 1 N–H and O–H groups in total. The topological polar surface area (TPSA) is 46.2 Å². The lowest BCUT2D eigenvalue weighted by Crippen LogP contribution is -2.29. The summed E-state index contributed by atoms with van der Waals surface area (Å²) in [5, 5.41) is 3.08. The minimum Gasteiger partial charge on any atom is -0.309 e. The molecule has 0 spiro atoms. The summed E-state index contributed by atoms with van der Waals surface area (Å²) in [6.07, 6.45) is 0.612. The van der Waals surface area contributed by atoms with Crippen LogP contribution in [0.5, 0.6) is 0 Å². The van der Waals surface area contributed by atoms with Crippen molar-refractivity contribution in [3.8, 4) is 0 Å². The fraction of sp³-hybridized carbons (Fsp3) is 0.455. The quantitative estimate of drug-likeness (QED) is 0.924. The highest BCUT2D eigenvalue weighted by Gasteiger charge is 2.27. The molecule has 0 amide bonds. The lowest BCUT2D eigenvalue weighted by atomic mass is 10.2. The molecule has 1 aromatic rings. The van der Waals surface area contributed by atoms with Crippen LogP contribution in [-0.4, -0.2) is 26.0 Å². The van der Waals surface area contributed by atoms with E-state index < -0.39 is 9.84 Å². The van der Waals surface area contributed by atoms with Crippen molar-refractivity contribution in [2.45, 2.75) is 19.0 Å². The summed E-state index contributed by atoms with van der Waals surface area (Å²) >= 11 is 3.19. The molecule has 1 aliphatic heterocycles. The zero-order valence-electron chi connectivity index (χ0n) is 9.12. The molecule has 1 fully saturated rings. The van der Waals surface area contributed by atoms with Gasteiger partial charge in [-0.25, -0.2) is 12.8 Å². The van der Waals surface area contributed by atoms with Gasteiger partial charge in [-0.1, -0.05) is 22.0 Å². The van der Waals surface area contributed by atoms with E-state index in [2.05, 4.69) is 21.2 Å². The predicted molar refractivity (Wildman–Crippen MR) is 68.0 cm³/mol. The third-order valence-corrected chi connectivity index (χ3v) is 5.09. The van der Waals surface area contributed by atoms with Crippen molar-refractivity contribution in [3.63, 3.8) is 0 Å². The van der Waals surface area contributed by atoms with E-state index in [4.69, 9.17) is 0 Å². The van der Waals surface area contributed by atoms with Gasteiger partial charge in [-0.2, -0.15) is 0 Å². The van der Waals surface area contributed by atoms with Gasteiger partial charge in [-0.3, -0.25) is 0 Å². The Morgan fingerprint density at radius 3 is 2.82 bits per heavy atom. The van der Waals surface area contributed by atoms with Gasteiger partial charge in [0.15, 0.2) is 9.84 Å². The van der Waals surface area contributed by atoms with E-state index in [1.165, 1.54) is 6.07 Å². The molecule has 1 saturated heterocycles. The molecular formula is C11H13BrFNO2S. The Labute approximate surface area is 108 Å². The van der Waals surface area contributed by atoms with Gasteiger partial charge in [-0.05, 0) is 18.6 Å². The van der Waals surface area contributed by atoms with Crippen LogP contribution in [0.25, 0.3) is 0 Å². The molecule has 17 heavy (non-hydrogen) atoms. The number of sulfone groups is 1. The van der Waals surface area contributed by atoms with Crippen LogP contribution in [0.2, 0.25) is 0 Å². The highest BCUT2D eigenvalue weighted by atomic mass is 79.9. The zero-order chi connectivity index (χ0) is 12.5. The smallest absolute Gasteiger partial charge is 0.151 e. The van der Waals surface area contributed by atoms with E-state index in [9.17, 15) is 12.8 Å². The monoisotopic (exact) mass is 321 g/mol. The van der Waals surface area contributed by atoms with Gasteiger partial charge in [0.1, 0.15) is 5.82 Å². The van der Waals surface area contributed by atoms with Crippen molar-refractivity contribution in [1.29, 1.82) is 0 Å². The van der Waals surface area contributed by atoms with Gasteiger partial charge in [-0.15, -0.1) is 0 Å². The van der Waals surface area contributed by atoms with Crippen molar-refractivity contribution in [3.05, 3.63) is 34.1 Å². The Morgan fingerprint density at radius 2 is 2.24 bits per heavy atom. The van der Waals surface area contributed by atoms with Crippen LogP contribution in [0.15, 0.2) is 22.7 Å². The van der Waals surface area contributed by atoms with Gasteiger partial charge in [0.2, 0.25) is 0 Å². The number of halogens is 2. The first-order chi connectivity index (χ1) is 7.96. The lowest BCUT2D eigenvalue weighted by Gasteiger charge is -2.11. The third kappa shape index (κ3) is 3.50. The van der Waals surface area contributed by atoms with Gasteiger partial charge in [0, 0.05) is 22.6 Å². The third-order valence-electron chi connectivity index (χ3n) is 2.83. The molecule has 0 radical (unpaired) electrons. The van der Waals surface area contributed by atoms with Crippen LogP contribution < -0.4 is 5.32 Å². The summed E-state index contributed by atoms with van der Waals surface area (Å²) in [5.74, 6) is 0.103. The van der Waals surface area contributed by atoms with Crippen LogP contribution >= 0.6 is 15.9 Å². The van der Waals surface area contributed by atoms with Crippen LogP contribution in [0, 0.1) is 5.82 Å². The standard InChI is InChI=1S/C11H13BrFNO2S/c12-9-2-1-8(11(13)5-9)6-14-10-3-4-17(15,16)7-10/h1-2,5,10,14H,3-4,6-7H2/t10-/m1/s1. The number of benzene rings is 1. The number of hydrogen-bond acceptors (Lipinski definition) is 3. The maximum absolute atomic E-state index is 13.5. The van der Waals surface area contributed by atoms with Gasteiger partial charge in [0.25, 0.3) is 0 Å². The summed E-state index contributed by atoms with van der Waals surface area (Å²) in [4.78, 5) is 0. The summed E-state index contributed by atoms with van der Waals surface area (Å²) in [5.41, 5.74) is 0.553. The van der Waals surface area contributed by atoms with Crippen LogP contribution in [0.4, 0.5) is 4.39 Å². The first-order valence-electron chi connectivity index (χ1n) is 5.34. The number of nitrogens with one attached hydrogen (secondary N) is 1. The summed E-state index contributed by atoms with van der Waals surface area (Å²) in [6, 6.07) is 4.81. The van der Waals surface area contributed by atoms with Gasteiger partial charge >= 0.3 is 0 Å². The second-order valence-electron chi connectivity index (χ2n) is 4.22. The molecule has 2 rings (SSSR count). The van der Waals surface area contributed by atoms with Crippen molar-refractivity contribution >= 4 is 25.8 Å². The Hall–Kier alpha value is -0.460. The molecule has 0 unspecified atom stereocenters. The molecule has 1 aromatic carbocycles. The summed E-state index contributed by atoms with van der Waals surface area (Å²) in [7, 11) is -2.88. The molecule has 3 nitrogen and oxygen atoms in total. The summed E-state index contributed by atoms with van der Waals surface area (Å²) < 4.78 is 36.7. The molecule has 94 valence electrons. The van der Waals surface area contributed by atoms with Crippen LogP contribution in [-0.2, 0) is 16.4 Å².